The molecule has 0 spiro atoms. The van der Waals surface area contributed by atoms with Crippen molar-refractivity contribution in [3.05, 3.63) is 62.8 Å². The molecule has 130 valence electrons. The minimum absolute atomic E-state index is 0.0808. The number of rotatable bonds is 5. The van der Waals surface area contributed by atoms with E-state index < -0.39 is 0 Å². The average Bonchev–Trinajstić information content (AvgIpc) is 3.01. The number of halogens is 2. The van der Waals surface area contributed by atoms with Crippen molar-refractivity contribution < 1.29 is 4.74 Å². The van der Waals surface area contributed by atoms with Gasteiger partial charge in [0, 0.05) is 5.56 Å². The fourth-order valence-corrected chi connectivity index (χ4v) is 3.00. The van der Waals surface area contributed by atoms with Gasteiger partial charge >= 0.3 is 0 Å². The zero-order valence-corrected chi connectivity index (χ0v) is 15.6. The highest BCUT2D eigenvalue weighted by Crippen LogP contribution is 2.33. The summed E-state index contributed by atoms with van der Waals surface area (Å²) >= 11 is 17.7. The van der Waals surface area contributed by atoms with Crippen molar-refractivity contribution in [3.8, 4) is 29.5 Å². The highest BCUT2D eigenvalue weighted by atomic mass is 35.5. The minimum Gasteiger partial charge on any atom is -0.478 e. The summed E-state index contributed by atoms with van der Waals surface area (Å²) in [5, 5.41) is 12.0. The summed E-state index contributed by atoms with van der Waals surface area (Å²) in [7, 11) is 0. The Kier molecular flexibility index (Phi) is 5.74. The predicted octanol–water partition coefficient (Wildman–Crippen LogP) is 4.81. The van der Waals surface area contributed by atoms with Gasteiger partial charge in [0.1, 0.15) is 6.61 Å². The second-order valence-corrected chi connectivity index (χ2v) is 6.28. The molecule has 0 atom stereocenters. The standard InChI is InChI=1S/C18H12Cl2N4OS/c1-2-8-25-16-14(19)9-12(10-15(16)20)11-21-24-17(22-23-18(24)26)13-6-4-3-5-7-13/h1,3-7,9-11H,8H2,(H,23,26)/b21-11+. The third-order valence-electron chi connectivity index (χ3n) is 3.33. The molecule has 8 heteroatoms. The SMILES string of the molecule is C#CCOc1c(Cl)cc(/C=N/n2c(-c3ccccc3)n[nH]c2=S)cc1Cl. The molecule has 5 nitrogen and oxygen atoms in total. The third-order valence-corrected chi connectivity index (χ3v) is 4.15. The van der Waals surface area contributed by atoms with Crippen LogP contribution < -0.4 is 4.74 Å². The first kappa shape index (κ1) is 18.2. The lowest BCUT2D eigenvalue weighted by Crippen LogP contribution is -1.97. The summed E-state index contributed by atoms with van der Waals surface area (Å²) in [6, 6.07) is 12.9. The Bertz CT molecular complexity index is 1030. The summed E-state index contributed by atoms with van der Waals surface area (Å²) in [6.07, 6.45) is 6.76. The molecule has 0 amide bonds. The number of nitrogens with zero attached hydrogens (tertiary/aromatic N) is 3. The van der Waals surface area contributed by atoms with E-state index >= 15 is 0 Å². The van der Waals surface area contributed by atoms with Gasteiger partial charge in [-0.15, -0.1) is 6.42 Å². The Hall–Kier alpha value is -2.59. The predicted molar refractivity (Wildman–Crippen MR) is 107 cm³/mol. The number of aromatic amines is 1. The lowest BCUT2D eigenvalue weighted by molar-refractivity contribution is 0.371. The van der Waals surface area contributed by atoms with Gasteiger partial charge in [0.15, 0.2) is 11.6 Å². The van der Waals surface area contributed by atoms with Crippen molar-refractivity contribution in [1.29, 1.82) is 0 Å². The molecule has 0 bridgehead atoms. The smallest absolute Gasteiger partial charge is 0.216 e. The van der Waals surface area contributed by atoms with Crippen LogP contribution in [0.25, 0.3) is 11.4 Å². The van der Waals surface area contributed by atoms with Crippen LogP contribution in [0.3, 0.4) is 0 Å². The van der Waals surface area contributed by atoms with Crippen LogP contribution in [0.5, 0.6) is 5.75 Å². The van der Waals surface area contributed by atoms with Crippen molar-refractivity contribution in [2.45, 2.75) is 0 Å². The van der Waals surface area contributed by atoms with Gasteiger partial charge < -0.3 is 4.74 Å². The van der Waals surface area contributed by atoms with E-state index in [4.69, 9.17) is 46.6 Å². The number of benzene rings is 2. The van der Waals surface area contributed by atoms with Crippen molar-refractivity contribution >= 4 is 41.6 Å². The maximum absolute atomic E-state index is 6.20. The van der Waals surface area contributed by atoms with Crippen LogP contribution in [0, 0.1) is 17.1 Å². The van der Waals surface area contributed by atoms with Crippen LogP contribution in [0.2, 0.25) is 10.0 Å². The molecule has 0 saturated carbocycles. The first-order chi connectivity index (χ1) is 12.6. The van der Waals surface area contributed by atoms with Crippen LogP contribution in [-0.2, 0) is 0 Å². The Labute approximate surface area is 165 Å². The molecule has 0 radical (unpaired) electrons. The van der Waals surface area contributed by atoms with Gasteiger partial charge in [-0.25, -0.2) is 5.10 Å². The van der Waals surface area contributed by atoms with Crippen molar-refractivity contribution in [1.82, 2.24) is 14.9 Å². The molecule has 26 heavy (non-hydrogen) atoms. The van der Waals surface area contributed by atoms with Crippen LogP contribution in [0.1, 0.15) is 5.56 Å². The van der Waals surface area contributed by atoms with Gasteiger partial charge in [0.05, 0.1) is 16.3 Å². The molecule has 1 aromatic heterocycles. The second-order valence-electron chi connectivity index (χ2n) is 5.08. The summed E-state index contributed by atoms with van der Waals surface area (Å²) in [5.41, 5.74) is 1.56. The van der Waals surface area contributed by atoms with Crippen LogP contribution in [0.15, 0.2) is 47.6 Å². The summed E-state index contributed by atoms with van der Waals surface area (Å²) in [4.78, 5) is 0. The molecule has 3 aromatic rings. The molecule has 0 saturated heterocycles. The van der Waals surface area contributed by atoms with Gasteiger partial charge in [-0.2, -0.15) is 14.9 Å². The van der Waals surface area contributed by atoms with Crippen LogP contribution in [0.4, 0.5) is 0 Å². The largest absolute Gasteiger partial charge is 0.478 e. The summed E-state index contributed by atoms with van der Waals surface area (Å²) in [6.45, 7) is 0.0808. The normalized spacial score (nSPS) is 10.8. The Balaban J connectivity index is 1.93. The molecule has 1 heterocycles. The molecule has 2 aromatic carbocycles. The first-order valence-electron chi connectivity index (χ1n) is 7.42. The molecule has 0 aliphatic heterocycles. The fraction of sp³-hybridized carbons (Fsp3) is 0.0556. The molecule has 1 N–H and O–H groups in total. The number of hydrogen-bond acceptors (Lipinski definition) is 4. The van der Waals surface area contributed by atoms with Crippen molar-refractivity contribution in [2.75, 3.05) is 6.61 Å². The number of terminal acetylenes is 1. The average molecular weight is 403 g/mol. The van der Waals surface area contributed by atoms with E-state index in [1.807, 2.05) is 30.3 Å². The van der Waals surface area contributed by atoms with E-state index in [0.29, 0.717) is 32.0 Å². The number of aromatic nitrogens is 3. The first-order valence-corrected chi connectivity index (χ1v) is 8.59. The highest BCUT2D eigenvalue weighted by molar-refractivity contribution is 7.71. The third kappa shape index (κ3) is 3.97. The van der Waals surface area contributed by atoms with Gasteiger partial charge in [-0.3, -0.25) is 0 Å². The topological polar surface area (TPSA) is 55.2 Å². The Morgan fingerprint density at radius 2 is 1.96 bits per heavy atom. The van der Waals surface area contributed by atoms with E-state index in [1.54, 1.807) is 18.3 Å². The molecule has 0 unspecified atom stereocenters. The Morgan fingerprint density at radius 1 is 1.27 bits per heavy atom. The van der Waals surface area contributed by atoms with Gasteiger partial charge in [0.2, 0.25) is 4.77 Å². The van der Waals surface area contributed by atoms with Crippen LogP contribution >= 0.6 is 35.4 Å². The summed E-state index contributed by atoms with van der Waals surface area (Å²) in [5.74, 6) is 3.30. The summed E-state index contributed by atoms with van der Waals surface area (Å²) < 4.78 is 7.23. The molecule has 0 fully saturated rings. The van der Waals surface area contributed by atoms with E-state index in [1.165, 1.54) is 4.68 Å². The van der Waals surface area contributed by atoms with E-state index in [0.717, 1.165) is 5.56 Å². The maximum Gasteiger partial charge on any atom is 0.216 e. The molecular weight excluding hydrogens is 391 g/mol. The molecule has 3 rings (SSSR count). The number of ether oxygens (including phenoxy) is 1. The minimum atomic E-state index is 0.0808. The van der Waals surface area contributed by atoms with Gasteiger partial charge in [-0.05, 0) is 29.9 Å². The zero-order chi connectivity index (χ0) is 18.5. The van der Waals surface area contributed by atoms with E-state index in [9.17, 15) is 0 Å². The quantitative estimate of drug-likeness (QED) is 0.378. The second kappa shape index (κ2) is 8.19. The fourth-order valence-electron chi connectivity index (χ4n) is 2.20. The monoisotopic (exact) mass is 402 g/mol. The van der Waals surface area contributed by atoms with Crippen molar-refractivity contribution in [3.63, 3.8) is 0 Å². The molecular formula is C18H12Cl2N4OS. The number of H-pyrrole nitrogens is 1. The van der Waals surface area contributed by atoms with E-state index in [2.05, 4.69) is 21.2 Å². The lowest BCUT2D eigenvalue weighted by Gasteiger charge is -2.08. The van der Waals surface area contributed by atoms with E-state index in [-0.39, 0.29) is 6.61 Å². The number of hydrogen-bond donors (Lipinski definition) is 1. The van der Waals surface area contributed by atoms with Crippen molar-refractivity contribution in [2.24, 2.45) is 5.10 Å². The van der Waals surface area contributed by atoms with Gasteiger partial charge in [-0.1, -0.05) is 59.5 Å². The lowest BCUT2D eigenvalue weighted by atomic mass is 10.2. The zero-order valence-electron chi connectivity index (χ0n) is 13.3. The molecule has 0 aliphatic carbocycles. The molecule has 0 aliphatic rings. The maximum atomic E-state index is 6.20. The Morgan fingerprint density at radius 3 is 2.62 bits per heavy atom. The van der Waals surface area contributed by atoms with Gasteiger partial charge in [0.25, 0.3) is 0 Å². The highest BCUT2D eigenvalue weighted by Gasteiger charge is 2.10. The number of nitrogens with one attached hydrogen (secondary N) is 1. The van der Waals surface area contributed by atoms with Crippen LogP contribution in [-0.4, -0.2) is 27.7 Å².